The molecule has 2 fully saturated rings. The zero-order chi connectivity index (χ0) is 12.7. The summed E-state index contributed by atoms with van der Waals surface area (Å²) in [5.41, 5.74) is 5.21. The predicted octanol–water partition coefficient (Wildman–Crippen LogP) is 2.72. The van der Waals surface area contributed by atoms with Crippen molar-refractivity contribution in [2.75, 3.05) is 0 Å². The van der Waals surface area contributed by atoms with E-state index in [1.807, 2.05) is 13.0 Å². The number of hydrazine groups is 1. The average Bonchev–Trinajstić information content (AvgIpc) is 2.97. The third-order valence-electron chi connectivity index (χ3n) is 4.32. The molecule has 2 bridgehead atoms. The Bertz CT molecular complexity index is 451. The van der Waals surface area contributed by atoms with Gasteiger partial charge in [-0.25, -0.2) is 0 Å². The van der Waals surface area contributed by atoms with E-state index in [1.54, 1.807) is 0 Å². The Balaban J connectivity index is 1.85. The molecule has 0 radical (unpaired) electrons. The Labute approximate surface area is 113 Å². The summed E-state index contributed by atoms with van der Waals surface area (Å²) in [6.45, 7) is 2.01. The lowest BCUT2D eigenvalue weighted by Gasteiger charge is -2.28. The monoisotopic (exact) mass is 266 g/mol. The van der Waals surface area contributed by atoms with Gasteiger partial charge < -0.3 is 4.74 Å². The fourth-order valence-corrected chi connectivity index (χ4v) is 3.49. The molecule has 2 aliphatic heterocycles. The predicted molar refractivity (Wildman–Crippen MR) is 72.3 cm³/mol. The first-order valence-corrected chi connectivity index (χ1v) is 6.94. The number of benzene rings is 1. The van der Waals surface area contributed by atoms with Gasteiger partial charge >= 0.3 is 0 Å². The van der Waals surface area contributed by atoms with E-state index in [0.29, 0.717) is 18.1 Å². The second-order valence-corrected chi connectivity index (χ2v) is 5.83. The van der Waals surface area contributed by atoms with Gasteiger partial charge in [0.1, 0.15) is 0 Å². The van der Waals surface area contributed by atoms with Crippen LogP contribution >= 0.6 is 11.6 Å². The number of nitrogens with one attached hydrogen (secondary N) is 1. The fourth-order valence-electron chi connectivity index (χ4n) is 3.30. The number of rotatable bonds is 3. The molecule has 2 aliphatic rings. The Morgan fingerprint density at radius 2 is 2.28 bits per heavy atom. The number of hydrogen-bond acceptors (Lipinski definition) is 3. The summed E-state index contributed by atoms with van der Waals surface area (Å²) >= 11 is 6.20. The minimum absolute atomic E-state index is 0.137. The zero-order valence-corrected chi connectivity index (χ0v) is 11.3. The molecule has 1 aromatic rings. The molecule has 4 unspecified atom stereocenters. The van der Waals surface area contributed by atoms with Crippen molar-refractivity contribution < 1.29 is 4.74 Å². The van der Waals surface area contributed by atoms with Crippen molar-refractivity contribution in [2.24, 2.45) is 11.8 Å². The van der Waals surface area contributed by atoms with E-state index in [0.717, 1.165) is 29.0 Å². The summed E-state index contributed by atoms with van der Waals surface area (Å²) in [6.07, 6.45) is 4.26. The van der Waals surface area contributed by atoms with Crippen LogP contribution in [0, 0.1) is 12.8 Å². The van der Waals surface area contributed by atoms with Gasteiger partial charge in [0, 0.05) is 10.9 Å². The molecule has 0 aliphatic carbocycles. The first-order chi connectivity index (χ1) is 8.69. The summed E-state index contributed by atoms with van der Waals surface area (Å²) in [6, 6.07) is 6.32. The lowest BCUT2D eigenvalue weighted by atomic mass is 9.81. The summed E-state index contributed by atoms with van der Waals surface area (Å²) in [4.78, 5) is 0. The van der Waals surface area contributed by atoms with Gasteiger partial charge in [-0.2, -0.15) is 0 Å². The van der Waals surface area contributed by atoms with Crippen LogP contribution in [0.4, 0.5) is 0 Å². The van der Waals surface area contributed by atoms with Crippen molar-refractivity contribution in [1.29, 1.82) is 0 Å². The van der Waals surface area contributed by atoms with Gasteiger partial charge in [-0.05, 0) is 43.4 Å². The molecular weight excluding hydrogens is 248 g/mol. The highest BCUT2D eigenvalue weighted by Gasteiger charge is 2.44. The highest BCUT2D eigenvalue weighted by molar-refractivity contribution is 6.31. The lowest BCUT2D eigenvalue weighted by molar-refractivity contribution is 0.0857. The first kappa shape index (κ1) is 12.4. The second-order valence-electron chi connectivity index (χ2n) is 5.43. The van der Waals surface area contributed by atoms with Crippen LogP contribution in [0.15, 0.2) is 18.2 Å². The molecule has 0 saturated carbocycles. The molecule has 4 atom stereocenters. The van der Waals surface area contributed by atoms with Crippen molar-refractivity contribution in [3.05, 3.63) is 34.3 Å². The smallest absolute Gasteiger partial charge is 0.0627 e. The van der Waals surface area contributed by atoms with Crippen molar-refractivity contribution >= 4 is 11.6 Å². The third kappa shape index (κ3) is 2.05. The molecule has 3 rings (SSSR count). The standard InChI is InChI=1S/C14H19ClN2O/c1-8-2-3-9(6-12(8)15)14(17-16)11-7-10-4-5-13(11)18-10/h2-3,6,10-11,13-14,17H,4-5,7,16H2,1H3. The quantitative estimate of drug-likeness (QED) is 0.653. The van der Waals surface area contributed by atoms with Crippen LogP contribution in [0.25, 0.3) is 0 Å². The van der Waals surface area contributed by atoms with Gasteiger partial charge in [-0.15, -0.1) is 0 Å². The number of ether oxygens (including phenoxy) is 1. The molecule has 2 heterocycles. The van der Waals surface area contributed by atoms with Crippen molar-refractivity contribution in [3.8, 4) is 0 Å². The van der Waals surface area contributed by atoms with Crippen LogP contribution in [0.5, 0.6) is 0 Å². The summed E-state index contributed by atoms with van der Waals surface area (Å²) in [5.74, 6) is 6.22. The number of halogens is 1. The SMILES string of the molecule is Cc1ccc(C(NN)C2CC3CCC2O3)cc1Cl. The maximum Gasteiger partial charge on any atom is 0.0627 e. The maximum atomic E-state index is 6.20. The fraction of sp³-hybridized carbons (Fsp3) is 0.571. The van der Waals surface area contributed by atoms with Crippen LogP contribution in [0.1, 0.15) is 36.4 Å². The summed E-state index contributed by atoms with van der Waals surface area (Å²) in [7, 11) is 0. The number of nitrogens with two attached hydrogens (primary N) is 1. The number of fused-ring (bicyclic) bond motifs is 2. The van der Waals surface area contributed by atoms with Gasteiger partial charge in [-0.3, -0.25) is 11.3 Å². The van der Waals surface area contributed by atoms with E-state index in [4.69, 9.17) is 22.2 Å². The lowest BCUT2D eigenvalue weighted by Crippen LogP contribution is -2.37. The Kier molecular flexibility index (Phi) is 3.32. The molecular formula is C14H19ClN2O. The zero-order valence-electron chi connectivity index (χ0n) is 10.5. The number of aryl methyl sites for hydroxylation is 1. The van der Waals surface area contributed by atoms with Gasteiger partial charge in [0.05, 0.1) is 18.2 Å². The van der Waals surface area contributed by atoms with E-state index in [9.17, 15) is 0 Å². The molecule has 0 spiro atoms. The maximum absolute atomic E-state index is 6.20. The highest BCUT2D eigenvalue weighted by atomic mass is 35.5. The van der Waals surface area contributed by atoms with Crippen molar-refractivity contribution in [3.63, 3.8) is 0 Å². The topological polar surface area (TPSA) is 47.3 Å². The van der Waals surface area contributed by atoms with Gasteiger partial charge in [0.15, 0.2) is 0 Å². The van der Waals surface area contributed by atoms with E-state index >= 15 is 0 Å². The molecule has 4 heteroatoms. The minimum Gasteiger partial charge on any atom is -0.375 e. The molecule has 3 N–H and O–H groups in total. The van der Waals surface area contributed by atoms with Crippen LogP contribution in [-0.2, 0) is 4.74 Å². The van der Waals surface area contributed by atoms with Gasteiger partial charge in [0.2, 0.25) is 0 Å². The normalized spacial score (nSPS) is 31.8. The Hall–Kier alpha value is -0.610. The molecule has 0 amide bonds. The van der Waals surface area contributed by atoms with E-state index in [-0.39, 0.29) is 6.04 Å². The van der Waals surface area contributed by atoms with E-state index in [2.05, 4.69) is 17.6 Å². The van der Waals surface area contributed by atoms with E-state index < -0.39 is 0 Å². The molecule has 0 aromatic heterocycles. The van der Waals surface area contributed by atoms with Crippen molar-refractivity contribution in [1.82, 2.24) is 5.43 Å². The molecule has 3 nitrogen and oxygen atoms in total. The highest BCUT2D eigenvalue weighted by Crippen LogP contribution is 2.44. The summed E-state index contributed by atoms with van der Waals surface area (Å²) < 4.78 is 5.91. The first-order valence-electron chi connectivity index (χ1n) is 6.56. The summed E-state index contributed by atoms with van der Waals surface area (Å²) in [5, 5.41) is 0.803. The van der Waals surface area contributed by atoms with Crippen LogP contribution in [0.2, 0.25) is 5.02 Å². The van der Waals surface area contributed by atoms with Crippen LogP contribution in [-0.4, -0.2) is 12.2 Å². The average molecular weight is 267 g/mol. The van der Waals surface area contributed by atoms with Crippen LogP contribution < -0.4 is 11.3 Å². The van der Waals surface area contributed by atoms with Crippen molar-refractivity contribution in [2.45, 2.75) is 44.4 Å². The third-order valence-corrected chi connectivity index (χ3v) is 4.72. The molecule has 98 valence electrons. The minimum atomic E-state index is 0.137. The second kappa shape index (κ2) is 4.82. The van der Waals surface area contributed by atoms with E-state index in [1.165, 1.54) is 6.42 Å². The number of hydrogen-bond donors (Lipinski definition) is 2. The van der Waals surface area contributed by atoms with Gasteiger partial charge in [0.25, 0.3) is 0 Å². The Morgan fingerprint density at radius 3 is 2.83 bits per heavy atom. The molecule has 2 saturated heterocycles. The Morgan fingerprint density at radius 1 is 1.44 bits per heavy atom. The largest absolute Gasteiger partial charge is 0.375 e. The van der Waals surface area contributed by atoms with Gasteiger partial charge in [-0.1, -0.05) is 23.7 Å². The van der Waals surface area contributed by atoms with Crippen LogP contribution in [0.3, 0.4) is 0 Å². The molecule has 1 aromatic carbocycles. The molecule has 18 heavy (non-hydrogen) atoms.